The third kappa shape index (κ3) is 3.54. The molecule has 0 saturated heterocycles. The molecule has 1 aliphatic rings. The highest BCUT2D eigenvalue weighted by molar-refractivity contribution is 6.13. The predicted molar refractivity (Wildman–Crippen MR) is 180 cm³/mol. The zero-order valence-corrected chi connectivity index (χ0v) is 24.5. The van der Waals surface area contributed by atoms with E-state index in [2.05, 4.69) is 115 Å². The molecule has 2 aromatic heterocycles. The minimum Gasteiger partial charge on any atom is -0.278 e. The third-order valence-corrected chi connectivity index (χ3v) is 9.24. The molecule has 0 saturated carbocycles. The second-order valence-electron chi connectivity index (χ2n) is 12.1. The molecule has 208 valence electrons. The lowest BCUT2D eigenvalue weighted by molar-refractivity contribution is 0.646. The molecule has 8 aromatic rings. The van der Waals surface area contributed by atoms with Crippen LogP contribution in [-0.2, 0) is 5.41 Å². The van der Waals surface area contributed by atoms with Gasteiger partial charge in [0.15, 0.2) is 11.6 Å². The molecule has 2 heterocycles. The summed E-state index contributed by atoms with van der Waals surface area (Å²) < 4.78 is 2.22. The summed E-state index contributed by atoms with van der Waals surface area (Å²) >= 11 is 0. The summed E-state index contributed by atoms with van der Waals surface area (Å²) in [5, 5.41) is 5.01. The van der Waals surface area contributed by atoms with Crippen molar-refractivity contribution in [2.45, 2.75) is 19.3 Å². The van der Waals surface area contributed by atoms with Gasteiger partial charge in [0.1, 0.15) is 0 Å². The largest absolute Gasteiger partial charge is 0.278 e. The van der Waals surface area contributed by atoms with Crippen LogP contribution in [0.3, 0.4) is 0 Å². The highest BCUT2D eigenvalue weighted by atomic mass is 15.2. The Hall–Kier alpha value is -5.61. The van der Waals surface area contributed by atoms with E-state index in [1.54, 1.807) is 0 Å². The molecule has 0 radical (unpaired) electrons. The van der Waals surface area contributed by atoms with Gasteiger partial charge in [-0.2, -0.15) is 9.97 Å². The van der Waals surface area contributed by atoms with Crippen molar-refractivity contribution in [3.05, 3.63) is 145 Å². The lowest BCUT2D eigenvalue weighted by Gasteiger charge is -2.35. The number of nitrogens with zero attached hydrogens (tertiary/aromatic N) is 4. The molecule has 0 spiro atoms. The number of para-hydroxylation sites is 1. The topological polar surface area (TPSA) is 43.6 Å². The highest BCUT2D eigenvalue weighted by Gasteiger charge is 2.34. The van der Waals surface area contributed by atoms with Crippen molar-refractivity contribution in [2.75, 3.05) is 0 Å². The Bertz CT molecular complexity index is 2340. The minimum atomic E-state index is -0.192. The fraction of sp³-hybridized carbons (Fsp3) is 0.0750. The zero-order valence-electron chi connectivity index (χ0n) is 24.5. The standard InChI is InChI=1S/C40H28N4/c1-40(2)32-21-12-18-25-17-11-20-29(36(25)32)30-23-31-28-19-9-10-22-34(28)44(35(31)24-33(30)40)39-42-37(26-13-5-3-6-14-26)41-38(43-39)27-15-7-4-8-16-27/h3-24H,1-2H3. The molecular formula is C40H28N4. The van der Waals surface area contributed by atoms with E-state index < -0.39 is 0 Å². The molecule has 0 aliphatic heterocycles. The highest BCUT2D eigenvalue weighted by Crippen LogP contribution is 2.50. The van der Waals surface area contributed by atoms with Gasteiger partial charge in [0.2, 0.25) is 5.95 Å². The van der Waals surface area contributed by atoms with Crippen LogP contribution in [0.2, 0.25) is 0 Å². The molecule has 0 atom stereocenters. The summed E-state index contributed by atoms with van der Waals surface area (Å²) in [5.41, 5.74) is 9.14. The van der Waals surface area contributed by atoms with Crippen LogP contribution in [-0.4, -0.2) is 19.5 Å². The summed E-state index contributed by atoms with van der Waals surface area (Å²) in [5.74, 6) is 1.92. The maximum absolute atomic E-state index is 5.13. The van der Waals surface area contributed by atoms with Crippen molar-refractivity contribution in [1.82, 2.24) is 19.5 Å². The molecule has 9 rings (SSSR count). The average molecular weight is 565 g/mol. The van der Waals surface area contributed by atoms with E-state index in [1.807, 2.05) is 36.4 Å². The summed E-state index contributed by atoms with van der Waals surface area (Å²) in [6.07, 6.45) is 0. The molecule has 0 fully saturated rings. The van der Waals surface area contributed by atoms with Crippen molar-refractivity contribution in [3.63, 3.8) is 0 Å². The monoisotopic (exact) mass is 564 g/mol. The number of benzene rings is 6. The fourth-order valence-electron chi connectivity index (χ4n) is 7.10. The van der Waals surface area contributed by atoms with Crippen molar-refractivity contribution in [1.29, 1.82) is 0 Å². The first kappa shape index (κ1) is 24.9. The molecule has 44 heavy (non-hydrogen) atoms. The molecule has 1 aliphatic carbocycles. The summed E-state index contributed by atoms with van der Waals surface area (Å²) in [6, 6.07) is 47.1. The lowest BCUT2D eigenvalue weighted by Crippen LogP contribution is -2.23. The molecule has 0 bridgehead atoms. The molecule has 0 unspecified atom stereocenters. The van der Waals surface area contributed by atoms with E-state index in [-0.39, 0.29) is 5.41 Å². The number of hydrogen-bond acceptors (Lipinski definition) is 3. The van der Waals surface area contributed by atoms with Crippen molar-refractivity contribution < 1.29 is 0 Å². The van der Waals surface area contributed by atoms with Gasteiger partial charge in [-0.3, -0.25) is 4.57 Å². The van der Waals surface area contributed by atoms with E-state index in [0.717, 1.165) is 22.2 Å². The Morgan fingerprint density at radius 3 is 1.84 bits per heavy atom. The Labute approximate surface area is 255 Å². The molecule has 4 nitrogen and oxygen atoms in total. The predicted octanol–water partition coefficient (Wildman–Crippen LogP) is 9.76. The van der Waals surface area contributed by atoms with Crippen molar-refractivity contribution in [2.24, 2.45) is 0 Å². The number of rotatable bonds is 3. The van der Waals surface area contributed by atoms with Gasteiger partial charge >= 0.3 is 0 Å². The van der Waals surface area contributed by atoms with Gasteiger partial charge < -0.3 is 0 Å². The SMILES string of the molecule is CC1(C)c2cc3c(cc2-c2cccc4cccc1c24)c1ccccc1n3-c1nc(-c2ccccc2)nc(-c2ccccc2)n1. The van der Waals surface area contributed by atoms with Crippen LogP contribution >= 0.6 is 0 Å². The number of fused-ring (bicyclic) bond motifs is 5. The van der Waals surface area contributed by atoms with Gasteiger partial charge in [0.05, 0.1) is 11.0 Å². The molecule has 6 aromatic carbocycles. The Morgan fingerprint density at radius 1 is 0.500 bits per heavy atom. The molecule has 4 heteroatoms. The maximum atomic E-state index is 5.13. The Balaban J connectivity index is 1.39. The van der Waals surface area contributed by atoms with E-state index >= 15 is 0 Å². The first-order valence-electron chi connectivity index (χ1n) is 15.1. The van der Waals surface area contributed by atoms with E-state index in [0.29, 0.717) is 17.6 Å². The second kappa shape index (κ2) is 9.19. The fourth-order valence-corrected chi connectivity index (χ4v) is 7.10. The van der Waals surface area contributed by atoms with Crippen LogP contribution in [0.25, 0.3) is 72.4 Å². The van der Waals surface area contributed by atoms with E-state index in [4.69, 9.17) is 15.0 Å². The zero-order chi connectivity index (χ0) is 29.4. The van der Waals surface area contributed by atoms with Crippen LogP contribution in [0.15, 0.2) is 133 Å². The first-order valence-corrected chi connectivity index (χ1v) is 15.1. The summed E-state index contributed by atoms with van der Waals surface area (Å²) in [4.78, 5) is 15.2. The smallest absolute Gasteiger partial charge is 0.238 e. The lowest BCUT2D eigenvalue weighted by atomic mass is 9.68. The first-order chi connectivity index (χ1) is 21.6. The molecule has 0 N–H and O–H groups in total. The van der Waals surface area contributed by atoms with Gasteiger partial charge in [-0.05, 0) is 51.2 Å². The number of aromatic nitrogens is 4. The maximum Gasteiger partial charge on any atom is 0.238 e. The third-order valence-electron chi connectivity index (χ3n) is 9.24. The Kier molecular flexibility index (Phi) is 5.21. The average Bonchev–Trinajstić information content (AvgIpc) is 3.41. The normalized spacial score (nSPS) is 13.4. The number of hydrogen-bond donors (Lipinski definition) is 0. The van der Waals surface area contributed by atoms with Crippen LogP contribution < -0.4 is 0 Å². The van der Waals surface area contributed by atoms with Crippen LogP contribution in [0.5, 0.6) is 0 Å². The summed E-state index contributed by atoms with van der Waals surface area (Å²) in [7, 11) is 0. The van der Waals surface area contributed by atoms with Gasteiger partial charge in [-0.1, -0.05) is 129 Å². The van der Waals surface area contributed by atoms with Crippen LogP contribution in [0.1, 0.15) is 25.0 Å². The van der Waals surface area contributed by atoms with Crippen LogP contribution in [0.4, 0.5) is 0 Å². The summed E-state index contributed by atoms with van der Waals surface area (Å²) in [6.45, 7) is 4.69. The van der Waals surface area contributed by atoms with Crippen molar-refractivity contribution >= 4 is 32.6 Å². The molecular weight excluding hydrogens is 536 g/mol. The quantitative estimate of drug-likeness (QED) is 0.215. The van der Waals surface area contributed by atoms with Gasteiger partial charge in [-0.25, -0.2) is 4.98 Å². The van der Waals surface area contributed by atoms with Gasteiger partial charge in [0, 0.05) is 27.3 Å². The molecule has 0 amide bonds. The van der Waals surface area contributed by atoms with Gasteiger partial charge in [-0.15, -0.1) is 0 Å². The minimum absolute atomic E-state index is 0.192. The Morgan fingerprint density at radius 2 is 1.14 bits per heavy atom. The van der Waals surface area contributed by atoms with E-state index in [1.165, 1.54) is 43.8 Å². The van der Waals surface area contributed by atoms with Crippen LogP contribution in [0, 0.1) is 0 Å². The second-order valence-corrected chi connectivity index (χ2v) is 12.1. The van der Waals surface area contributed by atoms with Gasteiger partial charge in [0.25, 0.3) is 0 Å². The van der Waals surface area contributed by atoms with E-state index in [9.17, 15) is 0 Å². The van der Waals surface area contributed by atoms with Crippen molar-refractivity contribution in [3.8, 4) is 39.9 Å².